The molecule has 0 amide bonds. The first-order valence-electron chi connectivity index (χ1n) is 16.1. The van der Waals surface area contributed by atoms with Crippen molar-refractivity contribution in [1.82, 2.24) is 19.9 Å². The van der Waals surface area contributed by atoms with Crippen molar-refractivity contribution < 1.29 is 0 Å². The van der Waals surface area contributed by atoms with Crippen LogP contribution in [0.25, 0.3) is 78.6 Å². The number of nitriles is 2. The minimum absolute atomic E-state index is 0.541. The Morgan fingerprint density at radius 2 is 0.700 bits per heavy atom. The topological polar surface area (TPSA) is 99.1 Å². The quantitative estimate of drug-likeness (QED) is 0.180. The van der Waals surface area contributed by atoms with E-state index >= 15 is 0 Å². The second-order valence-electron chi connectivity index (χ2n) is 11.7. The maximum Gasteiger partial charge on any atom is 0.161 e. The minimum Gasteiger partial charge on any atom is -0.228 e. The lowest BCUT2D eigenvalue weighted by atomic mass is 9.97. The zero-order valence-corrected chi connectivity index (χ0v) is 26.7. The zero-order valence-electron chi connectivity index (χ0n) is 26.7. The lowest BCUT2D eigenvalue weighted by Crippen LogP contribution is -1.99. The van der Waals surface area contributed by atoms with Gasteiger partial charge in [-0.3, -0.25) is 0 Å². The van der Waals surface area contributed by atoms with Gasteiger partial charge in [0.15, 0.2) is 11.6 Å². The fourth-order valence-electron chi connectivity index (χ4n) is 6.23. The highest BCUT2D eigenvalue weighted by Crippen LogP contribution is 2.37. The van der Waals surface area contributed by atoms with Crippen molar-refractivity contribution in [2.24, 2.45) is 0 Å². The number of nitrogens with zero attached hydrogens (tertiary/aromatic N) is 6. The van der Waals surface area contributed by atoms with E-state index in [9.17, 15) is 10.5 Å². The van der Waals surface area contributed by atoms with Crippen molar-refractivity contribution in [3.63, 3.8) is 0 Å². The van der Waals surface area contributed by atoms with Crippen LogP contribution in [0.4, 0.5) is 0 Å². The molecule has 0 aliphatic heterocycles. The molecule has 0 bridgehead atoms. The molecule has 0 fully saturated rings. The average Bonchev–Trinajstić information content (AvgIpc) is 3.20. The van der Waals surface area contributed by atoms with Gasteiger partial charge in [-0.15, -0.1) is 0 Å². The molecule has 0 unspecified atom stereocenters. The molecule has 0 saturated heterocycles. The summed E-state index contributed by atoms with van der Waals surface area (Å²) in [6, 6.07) is 55.6. The van der Waals surface area contributed by atoms with E-state index in [1.165, 1.54) is 0 Å². The average molecular weight is 639 g/mol. The highest BCUT2D eigenvalue weighted by atomic mass is 14.9. The normalized spacial score (nSPS) is 10.8. The number of rotatable bonds is 6. The van der Waals surface area contributed by atoms with Gasteiger partial charge in [0.2, 0.25) is 0 Å². The fraction of sp³-hybridized carbons (Fsp3) is 0. The SMILES string of the molecule is N#Cc1ccccc1-c1cc(-c2ccccc2)nc(-c2cccc3c(-c4nc(-c5ccccc5)cc(-c5ccccc5C#N)n4)cccc23)n1. The molecule has 6 nitrogen and oxygen atoms in total. The van der Waals surface area contributed by atoms with E-state index in [4.69, 9.17) is 19.9 Å². The molecular weight excluding hydrogens is 613 g/mol. The molecule has 8 aromatic rings. The van der Waals surface area contributed by atoms with Crippen LogP contribution in [0.1, 0.15) is 11.1 Å². The Hall–Kier alpha value is -7.28. The lowest BCUT2D eigenvalue weighted by molar-refractivity contribution is 1.18. The van der Waals surface area contributed by atoms with E-state index in [1.54, 1.807) is 12.1 Å². The smallest absolute Gasteiger partial charge is 0.161 e. The number of benzene rings is 6. The van der Waals surface area contributed by atoms with Crippen molar-refractivity contribution >= 4 is 10.8 Å². The molecule has 0 aliphatic rings. The Kier molecular flexibility index (Phi) is 7.87. The van der Waals surface area contributed by atoms with Gasteiger partial charge in [0.25, 0.3) is 0 Å². The summed E-state index contributed by atoms with van der Waals surface area (Å²) in [5.41, 5.74) is 8.99. The summed E-state index contributed by atoms with van der Waals surface area (Å²) in [5.74, 6) is 1.08. The van der Waals surface area contributed by atoms with Crippen molar-refractivity contribution in [2.45, 2.75) is 0 Å². The first-order chi connectivity index (χ1) is 24.7. The van der Waals surface area contributed by atoms with E-state index in [-0.39, 0.29) is 0 Å². The second kappa shape index (κ2) is 13.1. The van der Waals surface area contributed by atoms with Crippen molar-refractivity contribution in [1.29, 1.82) is 10.5 Å². The first kappa shape index (κ1) is 30.1. The van der Waals surface area contributed by atoms with E-state index in [0.717, 1.165) is 55.5 Å². The molecule has 232 valence electrons. The van der Waals surface area contributed by atoms with Gasteiger partial charge in [0, 0.05) is 33.4 Å². The third kappa shape index (κ3) is 5.64. The molecule has 2 heterocycles. The predicted molar refractivity (Wildman–Crippen MR) is 197 cm³/mol. The Labute approximate surface area is 289 Å². The van der Waals surface area contributed by atoms with Gasteiger partial charge in [-0.25, -0.2) is 19.9 Å². The summed E-state index contributed by atoms with van der Waals surface area (Å²) in [6.07, 6.45) is 0. The molecule has 0 spiro atoms. The number of hydrogen-bond acceptors (Lipinski definition) is 6. The van der Waals surface area contributed by atoms with E-state index < -0.39 is 0 Å². The molecule has 0 atom stereocenters. The number of hydrogen-bond donors (Lipinski definition) is 0. The van der Waals surface area contributed by atoms with Crippen LogP contribution >= 0.6 is 0 Å². The van der Waals surface area contributed by atoms with Gasteiger partial charge >= 0.3 is 0 Å². The third-order valence-electron chi connectivity index (χ3n) is 8.64. The van der Waals surface area contributed by atoms with Crippen molar-refractivity contribution in [3.05, 3.63) is 169 Å². The Balaban J connectivity index is 1.35. The lowest BCUT2D eigenvalue weighted by Gasteiger charge is -2.14. The van der Waals surface area contributed by atoms with Gasteiger partial charge in [0.1, 0.15) is 0 Å². The van der Waals surface area contributed by atoms with Gasteiger partial charge in [0.05, 0.1) is 46.0 Å². The van der Waals surface area contributed by atoms with Crippen LogP contribution in [0.2, 0.25) is 0 Å². The number of fused-ring (bicyclic) bond motifs is 1. The highest BCUT2D eigenvalue weighted by Gasteiger charge is 2.18. The molecule has 2 aromatic heterocycles. The van der Waals surface area contributed by atoms with Gasteiger partial charge in [-0.05, 0) is 35.0 Å². The van der Waals surface area contributed by atoms with Gasteiger partial charge < -0.3 is 0 Å². The summed E-state index contributed by atoms with van der Waals surface area (Å²) in [7, 11) is 0. The molecular formula is C44H26N6. The molecule has 0 aliphatic carbocycles. The monoisotopic (exact) mass is 638 g/mol. The van der Waals surface area contributed by atoms with Crippen molar-refractivity contribution in [2.75, 3.05) is 0 Å². The fourth-order valence-corrected chi connectivity index (χ4v) is 6.23. The molecule has 0 N–H and O–H groups in total. The molecule has 6 heteroatoms. The van der Waals surface area contributed by atoms with Crippen LogP contribution in [-0.2, 0) is 0 Å². The van der Waals surface area contributed by atoms with Crippen LogP contribution in [0.5, 0.6) is 0 Å². The van der Waals surface area contributed by atoms with Crippen LogP contribution in [0, 0.1) is 22.7 Å². The summed E-state index contributed by atoms with van der Waals surface area (Å²) < 4.78 is 0. The number of aromatic nitrogens is 4. The van der Waals surface area contributed by atoms with Crippen LogP contribution in [0.3, 0.4) is 0 Å². The maximum atomic E-state index is 9.93. The molecule has 8 rings (SSSR count). The summed E-state index contributed by atoms with van der Waals surface area (Å²) >= 11 is 0. The summed E-state index contributed by atoms with van der Waals surface area (Å²) in [6.45, 7) is 0. The Morgan fingerprint density at radius 3 is 1.12 bits per heavy atom. The molecule has 0 radical (unpaired) electrons. The molecule has 0 saturated carbocycles. The standard InChI is InChI=1S/C44H26N6/c45-27-31-17-7-9-19-33(31)41-25-39(29-13-3-1-4-14-29)47-43(49-41)37-23-11-22-36-35(37)21-12-24-38(36)44-48-40(30-15-5-2-6-16-30)26-42(50-44)34-20-10-8-18-32(34)28-46/h1-26H. The largest absolute Gasteiger partial charge is 0.228 e. The van der Waals surface area contributed by atoms with E-state index in [1.807, 2.05) is 133 Å². The first-order valence-corrected chi connectivity index (χ1v) is 16.1. The van der Waals surface area contributed by atoms with Crippen molar-refractivity contribution in [3.8, 4) is 79.9 Å². The maximum absolute atomic E-state index is 9.93. The van der Waals surface area contributed by atoms with Crippen LogP contribution in [0.15, 0.2) is 158 Å². The summed E-state index contributed by atoms with van der Waals surface area (Å²) in [4.78, 5) is 20.3. The Morgan fingerprint density at radius 1 is 0.340 bits per heavy atom. The molecule has 50 heavy (non-hydrogen) atoms. The molecule has 6 aromatic carbocycles. The van der Waals surface area contributed by atoms with Gasteiger partial charge in [-0.1, -0.05) is 133 Å². The van der Waals surface area contributed by atoms with E-state index in [2.05, 4.69) is 24.3 Å². The van der Waals surface area contributed by atoms with Crippen LogP contribution in [-0.4, -0.2) is 19.9 Å². The third-order valence-corrected chi connectivity index (χ3v) is 8.64. The van der Waals surface area contributed by atoms with E-state index in [0.29, 0.717) is 34.2 Å². The van der Waals surface area contributed by atoms with Gasteiger partial charge in [-0.2, -0.15) is 10.5 Å². The second-order valence-corrected chi connectivity index (χ2v) is 11.7. The summed E-state index contributed by atoms with van der Waals surface area (Å²) in [5, 5.41) is 21.7. The predicted octanol–water partition coefficient (Wildman–Crippen LogP) is 10.2. The highest BCUT2D eigenvalue weighted by molar-refractivity contribution is 6.03. The van der Waals surface area contributed by atoms with Crippen LogP contribution < -0.4 is 0 Å². The minimum atomic E-state index is 0.541. The Bertz CT molecular complexity index is 2430. The zero-order chi connectivity index (χ0) is 33.9.